The molecule has 0 radical (unpaired) electrons. The van der Waals surface area contributed by atoms with Crippen LogP contribution >= 0.6 is 0 Å². The fourth-order valence-corrected chi connectivity index (χ4v) is 2.46. The normalized spacial score (nSPS) is 24.1. The number of carbonyl (C=O) groups excluding carboxylic acids is 1. The lowest BCUT2D eigenvalue weighted by atomic mass is 9.94. The smallest absolute Gasteiger partial charge is 0.254 e. The van der Waals surface area contributed by atoms with Crippen LogP contribution in [0, 0.1) is 5.92 Å². The van der Waals surface area contributed by atoms with E-state index in [4.69, 9.17) is 5.73 Å². The fraction of sp³-hybridized carbons (Fsp3) is 0.571. The molecule has 4 heteroatoms. The Morgan fingerprint density at radius 2 is 2.28 bits per heavy atom. The van der Waals surface area contributed by atoms with Crippen molar-refractivity contribution < 1.29 is 4.79 Å². The van der Waals surface area contributed by atoms with Gasteiger partial charge in [-0.1, -0.05) is 6.92 Å². The van der Waals surface area contributed by atoms with Gasteiger partial charge in [-0.05, 0) is 37.8 Å². The first-order valence-corrected chi connectivity index (χ1v) is 6.57. The van der Waals surface area contributed by atoms with Crippen molar-refractivity contribution in [2.45, 2.75) is 39.3 Å². The molecule has 0 saturated carbocycles. The van der Waals surface area contributed by atoms with Crippen LogP contribution in [0.2, 0.25) is 0 Å². The van der Waals surface area contributed by atoms with Crippen molar-refractivity contribution in [1.82, 2.24) is 9.88 Å². The van der Waals surface area contributed by atoms with Crippen molar-refractivity contribution in [2.75, 3.05) is 6.54 Å². The summed E-state index contributed by atoms with van der Waals surface area (Å²) in [5.41, 5.74) is 7.02. The van der Waals surface area contributed by atoms with E-state index in [9.17, 15) is 4.79 Å². The molecule has 2 atom stereocenters. The summed E-state index contributed by atoms with van der Waals surface area (Å²) in [6, 6.07) is 3.89. The Labute approximate surface area is 108 Å². The number of nitrogens with zero attached hydrogens (tertiary/aromatic N) is 2. The number of hydrogen-bond acceptors (Lipinski definition) is 3. The quantitative estimate of drug-likeness (QED) is 0.867. The zero-order valence-corrected chi connectivity index (χ0v) is 11.1. The molecule has 1 fully saturated rings. The zero-order chi connectivity index (χ0) is 13.1. The van der Waals surface area contributed by atoms with E-state index in [2.05, 4.69) is 18.8 Å². The number of carbonyl (C=O) groups is 1. The lowest BCUT2D eigenvalue weighted by Crippen LogP contribution is -2.44. The first kappa shape index (κ1) is 13.0. The van der Waals surface area contributed by atoms with Gasteiger partial charge in [-0.15, -0.1) is 0 Å². The van der Waals surface area contributed by atoms with Crippen LogP contribution in [0.3, 0.4) is 0 Å². The maximum atomic E-state index is 12.5. The molecule has 1 aromatic heterocycles. The average Bonchev–Trinajstić information content (AvgIpc) is 2.41. The van der Waals surface area contributed by atoms with Crippen LogP contribution in [0.4, 0.5) is 0 Å². The molecule has 1 aliphatic rings. The predicted octanol–water partition coefficient (Wildman–Crippen LogP) is 1.80. The zero-order valence-electron chi connectivity index (χ0n) is 11.1. The van der Waals surface area contributed by atoms with E-state index < -0.39 is 0 Å². The lowest BCUT2D eigenvalue weighted by molar-refractivity contribution is 0.0574. The van der Waals surface area contributed by atoms with Gasteiger partial charge in [0.05, 0.1) is 5.69 Å². The van der Waals surface area contributed by atoms with Crippen LogP contribution in [-0.4, -0.2) is 28.4 Å². The van der Waals surface area contributed by atoms with Crippen LogP contribution in [0.1, 0.15) is 42.7 Å². The molecular weight excluding hydrogens is 226 g/mol. The van der Waals surface area contributed by atoms with Gasteiger partial charge in [-0.3, -0.25) is 9.78 Å². The second kappa shape index (κ2) is 5.48. The molecule has 2 unspecified atom stereocenters. The molecule has 0 aromatic carbocycles. The molecule has 0 bridgehead atoms. The monoisotopic (exact) mass is 247 g/mol. The van der Waals surface area contributed by atoms with Gasteiger partial charge in [0.25, 0.3) is 5.91 Å². The van der Waals surface area contributed by atoms with Crippen molar-refractivity contribution in [1.29, 1.82) is 0 Å². The molecule has 1 aromatic rings. The molecule has 0 spiro atoms. The second-order valence-corrected chi connectivity index (χ2v) is 5.23. The van der Waals surface area contributed by atoms with Crippen molar-refractivity contribution >= 4 is 5.91 Å². The largest absolute Gasteiger partial charge is 0.336 e. The van der Waals surface area contributed by atoms with Crippen LogP contribution < -0.4 is 5.73 Å². The van der Waals surface area contributed by atoms with Gasteiger partial charge < -0.3 is 10.6 Å². The fourth-order valence-electron chi connectivity index (χ4n) is 2.46. The average molecular weight is 247 g/mol. The first-order chi connectivity index (χ1) is 8.61. The summed E-state index contributed by atoms with van der Waals surface area (Å²) in [6.45, 7) is 5.53. The van der Waals surface area contributed by atoms with Crippen LogP contribution in [0.15, 0.2) is 18.3 Å². The van der Waals surface area contributed by atoms with Gasteiger partial charge in [0.1, 0.15) is 0 Å². The molecule has 2 rings (SSSR count). The van der Waals surface area contributed by atoms with E-state index in [0.717, 1.165) is 18.7 Å². The van der Waals surface area contributed by atoms with Gasteiger partial charge in [-0.2, -0.15) is 0 Å². The summed E-state index contributed by atoms with van der Waals surface area (Å²) in [4.78, 5) is 18.6. The Morgan fingerprint density at radius 3 is 3.00 bits per heavy atom. The number of hydrogen-bond donors (Lipinski definition) is 1. The number of amides is 1. The molecule has 1 saturated heterocycles. The van der Waals surface area contributed by atoms with E-state index in [1.165, 1.54) is 6.42 Å². The summed E-state index contributed by atoms with van der Waals surface area (Å²) in [5.74, 6) is 0.687. The Kier molecular flexibility index (Phi) is 3.97. The summed E-state index contributed by atoms with van der Waals surface area (Å²) < 4.78 is 0. The Balaban J connectivity index is 2.18. The van der Waals surface area contributed by atoms with Crippen molar-refractivity contribution in [3.63, 3.8) is 0 Å². The highest BCUT2D eigenvalue weighted by atomic mass is 16.2. The standard InChI is InChI=1S/C14H21N3O/c1-10-3-4-11(2)17(9-10)14(18)12-5-6-16-13(7-12)8-15/h5-7,10-11H,3-4,8-9,15H2,1-2H3. The summed E-state index contributed by atoms with van der Waals surface area (Å²) in [5, 5.41) is 0. The van der Waals surface area contributed by atoms with Gasteiger partial charge >= 0.3 is 0 Å². The molecule has 2 heterocycles. The molecule has 0 aliphatic carbocycles. The summed E-state index contributed by atoms with van der Waals surface area (Å²) >= 11 is 0. The highest BCUT2D eigenvalue weighted by molar-refractivity contribution is 5.94. The number of piperidine rings is 1. The summed E-state index contributed by atoms with van der Waals surface area (Å²) in [6.07, 6.45) is 3.95. The van der Waals surface area contributed by atoms with Crippen LogP contribution in [0.25, 0.3) is 0 Å². The second-order valence-electron chi connectivity index (χ2n) is 5.23. The molecule has 98 valence electrons. The van der Waals surface area contributed by atoms with Gasteiger partial charge in [-0.25, -0.2) is 0 Å². The lowest BCUT2D eigenvalue weighted by Gasteiger charge is -2.36. The number of nitrogens with two attached hydrogens (primary N) is 1. The van der Waals surface area contributed by atoms with E-state index >= 15 is 0 Å². The number of rotatable bonds is 2. The van der Waals surface area contributed by atoms with Crippen molar-refractivity contribution in [3.8, 4) is 0 Å². The Bertz CT molecular complexity index is 433. The molecule has 18 heavy (non-hydrogen) atoms. The highest BCUT2D eigenvalue weighted by Crippen LogP contribution is 2.23. The Morgan fingerprint density at radius 1 is 1.50 bits per heavy atom. The maximum absolute atomic E-state index is 12.5. The molecule has 1 amide bonds. The Hall–Kier alpha value is -1.42. The van der Waals surface area contributed by atoms with E-state index in [1.54, 1.807) is 18.3 Å². The molecule has 1 aliphatic heterocycles. The van der Waals surface area contributed by atoms with Gasteiger partial charge in [0, 0.05) is 30.9 Å². The molecular formula is C14H21N3O. The minimum Gasteiger partial charge on any atom is -0.336 e. The minimum absolute atomic E-state index is 0.103. The molecule has 2 N–H and O–H groups in total. The SMILES string of the molecule is CC1CCC(C)N(C(=O)c2ccnc(CN)c2)C1. The number of pyridine rings is 1. The van der Waals surface area contributed by atoms with E-state index in [1.807, 2.05) is 4.90 Å². The maximum Gasteiger partial charge on any atom is 0.254 e. The third-order valence-electron chi connectivity index (χ3n) is 3.65. The predicted molar refractivity (Wildman–Crippen MR) is 71.0 cm³/mol. The topological polar surface area (TPSA) is 59.2 Å². The van der Waals surface area contributed by atoms with Crippen LogP contribution in [-0.2, 0) is 6.54 Å². The summed E-state index contributed by atoms with van der Waals surface area (Å²) in [7, 11) is 0. The highest BCUT2D eigenvalue weighted by Gasteiger charge is 2.27. The van der Waals surface area contributed by atoms with Crippen molar-refractivity contribution in [2.24, 2.45) is 11.7 Å². The van der Waals surface area contributed by atoms with Crippen LogP contribution in [0.5, 0.6) is 0 Å². The number of likely N-dealkylation sites (tertiary alicyclic amines) is 1. The third kappa shape index (κ3) is 2.70. The minimum atomic E-state index is 0.103. The van der Waals surface area contributed by atoms with Gasteiger partial charge in [0.2, 0.25) is 0 Å². The third-order valence-corrected chi connectivity index (χ3v) is 3.65. The van der Waals surface area contributed by atoms with E-state index in [-0.39, 0.29) is 5.91 Å². The van der Waals surface area contributed by atoms with E-state index in [0.29, 0.717) is 24.1 Å². The molecule has 4 nitrogen and oxygen atoms in total. The number of aromatic nitrogens is 1. The first-order valence-electron chi connectivity index (χ1n) is 6.57. The van der Waals surface area contributed by atoms with Gasteiger partial charge in [0.15, 0.2) is 0 Å². The van der Waals surface area contributed by atoms with Crippen molar-refractivity contribution in [3.05, 3.63) is 29.6 Å².